The molecule has 22 heavy (non-hydrogen) atoms. The number of hydrogen-bond donors (Lipinski definition) is 1. The summed E-state index contributed by atoms with van der Waals surface area (Å²) in [6.07, 6.45) is 3.68. The number of hydrogen-bond acceptors (Lipinski definition) is 1. The molecule has 1 amide bonds. The molecule has 0 aliphatic heterocycles. The van der Waals surface area contributed by atoms with E-state index in [9.17, 15) is 4.79 Å². The summed E-state index contributed by atoms with van der Waals surface area (Å²) < 4.78 is 0. The zero-order valence-electron chi connectivity index (χ0n) is 13.4. The van der Waals surface area contributed by atoms with Gasteiger partial charge in [-0.05, 0) is 49.8 Å². The highest BCUT2D eigenvalue weighted by atomic mass is 16.1. The van der Waals surface area contributed by atoms with Gasteiger partial charge in [0.2, 0.25) is 5.91 Å². The van der Waals surface area contributed by atoms with Gasteiger partial charge in [0.15, 0.2) is 0 Å². The first-order chi connectivity index (χ1) is 10.6. The van der Waals surface area contributed by atoms with Crippen LogP contribution in [0.1, 0.15) is 42.0 Å². The summed E-state index contributed by atoms with van der Waals surface area (Å²) in [7, 11) is 0. The summed E-state index contributed by atoms with van der Waals surface area (Å²) >= 11 is 0. The van der Waals surface area contributed by atoms with Crippen LogP contribution in [0, 0.1) is 6.92 Å². The maximum Gasteiger partial charge on any atom is 0.225 e. The van der Waals surface area contributed by atoms with E-state index >= 15 is 0 Å². The van der Waals surface area contributed by atoms with Gasteiger partial charge in [-0.25, -0.2) is 0 Å². The average molecular weight is 293 g/mol. The van der Waals surface area contributed by atoms with Crippen LogP contribution < -0.4 is 5.32 Å². The van der Waals surface area contributed by atoms with E-state index in [1.807, 2.05) is 12.1 Å². The summed E-state index contributed by atoms with van der Waals surface area (Å²) in [5.74, 6) is 0.100. The van der Waals surface area contributed by atoms with Gasteiger partial charge >= 0.3 is 0 Å². The second-order valence-corrected chi connectivity index (χ2v) is 6.55. The monoisotopic (exact) mass is 293 g/mol. The van der Waals surface area contributed by atoms with Crippen LogP contribution in [-0.2, 0) is 23.2 Å². The van der Waals surface area contributed by atoms with Gasteiger partial charge in [0.1, 0.15) is 0 Å². The molecule has 0 bridgehead atoms. The van der Waals surface area contributed by atoms with E-state index in [1.54, 1.807) is 0 Å². The van der Waals surface area contributed by atoms with E-state index in [0.717, 1.165) is 24.8 Å². The molecule has 1 aliphatic rings. The normalized spacial score (nSPS) is 20.3. The van der Waals surface area contributed by atoms with E-state index in [2.05, 4.69) is 55.6 Å². The van der Waals surface area contributed by atoms with E-state index < -0.39 is 0 Å². The van der Waals surface area contributed by atoms with Crippen LogP contribution in [0.25, 0.3) is 0 Å². The van der Waals surface area contributed by atoms with Gasteiger partial charge in [-0.15, -0.1) is 0 Å². The first kappa shape index (κ1) is 14.8. The predicted octanol–water partition coefficient (Wildman–Crippen LogP) is 3.91. The Bertz CT molecular complexity index is 674. The number of fused-ring (bicyclic) bond motifs is 1. The Balaban J connectivity index is 1.75. The van der Waals surface area contributed by atoms with Crippen LogP contribution in [0.15, 0.2) is 48.5 Å². The van der Waals surface area contributed by atoms with Gasteiger partial charge in [0, 0.05) is 0 Å². The highest BCUT2D eigenvalue weighted by Crippen LogP contribution is 2.34. The molecule has 1 N–H and O–H groups in total. The van der Waals surface area contributed by atoms with Crippen molar-refractivity contribution >= 4 is 5.91 Å². The van der Waals surface area contributed by atoms with E-state index in [0.29, 0.717) is 6.42 Å². The fraction of sp³-hybridized carbons (Fsp3) is 0.350. The average Bonchev–Trinajstić information content (AvgIpc) is 2.50. The first-order valence-corrected chi connectivity index (χ1v) is 8.02. The number of rotatable bonds is 3. The van der Waals surface area contributed by atoms with Crippen LogP contribution in [-0.4, -0.2) is 5.91 Å². The molecule has 0 spiro atoms. The second-order valence-electron chi connectivity index (χ2n) is 6.55. The van der Waals surface area contributed by atoms with Crippen LogP contribution in [0.5, 0.6) is 0 Å². The zero-order chi connectivity index (χ0) is 15.6. The Labute approximate surface area is 132 Å². The Hall–Kier alpha value is -2.09. The maximum atomic E-state index is 12.5. The summed E-state index contributed by atoms with van der Waals surface area (Å²) in [5.41, 5.74) is 4.69. The van der Waals surface area contributed by atoms with Gasteiger partial charge in [0.25, 0.3) is 0 Å². The summed E-state index contributed by atoms with van der Waals surface area (Å²) in [6, 6.07) is 16.7. The Morgan fingerprint density at radius 2 is 1.86 bits per heavy atom. The molecule has 1 aliphatic carbocycles. The molecule has 0 heterocycles. The van der Waals surface area contributed by atoms with E-state index in [-0.39, 0.29) is 11.4 Å². The van der Waals surface area contributed by atoms with Crippen LogP contribution in [0.2, 0.25) is 0 Å². The van der Waals surface area contributed by atoms with E-state index in [4.69, 9.17) is 0 Å². The predicted molar refractivity (Wildman–Crippen MR) is 89.8 cm³/mol. The second kappa shape index (κ2) is 5.96. The van der Waals surface area contributed by atoms with Crippen molar-refractivity contribution in [2.24, 2.45) is 0 Å². The smallest absolute Gasteiger partial charge is 0.225 e. The maximum absolute atomic E-state index is 12.5. The third-order valence-corrected chi connectivity index (χ3v) is 4.64. The molecule has 1 atom stereocenters. The summed E-state index contributed by atoms with van der Waals surface area (Å²) in [4.78, 5) is 12.5. The van der Waals surface area contributed by atoms with Gasteiger partial charge in [-0.2, -0.15) is 0 Å². The summed E-state index contributed by atoms with van der Waals surface area (Å²) in [5, 5.41) is 3.28. The number of nitrogens with one attached hydrogen (secondary N) is 1. The molecule has 3 rings (SSSR count). The quantitative estimate of drug-likeness (QED) is 0.913. The SMILES string of the molecule is Cc1ccc(CC(=O)N[C@]2(C)CCCc3ccccc32)cc1. The molecule has 0 aromatic heterocycles. The number of aryl methyl sites for hydroxylation is 2. The number of benzene rings is 2. The summed E-state index contributed by atoms with van der Waals surface area (Å²) in [6.45, 7) is 4.21. The lowest BCUT2D eigenvalue weighted by Crippen LogP contribution is -2.46. The number of carbonyl (C=O) groups excluding carboxylic acids is 1. The lowest BCUT2D eigenvalue weighted by Gasteiger charge is -2.37. The van der Waals surface area contributed by atoms with Crippen LogP contribution in [0.3, 0.4) is 0 Å². The molecule has 0 saturated carbocycles. The molecule has 2 aromatic rings. The third kappa shape index (κ3) is 3.06. The fourth-order valence-electron chi connectivity index (χ4n) is 3.42. The number of carbonyl (C=O) groups is 1. The van der Waals surface area contributed by atoms with Crippen molar-refractivity contribution in [2.45, 2.75) is 45.1 Å². The van der Waals surface area contributed by atoms with Crippen molar-refractivity contribution in [1.82, 2.24) is 5.32 Å². The molecule has 2 heteroatoms. The van der Waals surface area contributed by atoms with Crippen molar-refractivity contribution in [2.75, 3.05) is 0 Å². The molecule has 114 valence electrons. The highest BCUT2D eigenvalue weighted by molar-refractivity contribution is 5.79. The fourth-order valence-corrected chi connectivity index (χ4v) is 3.42. The minimum Gasteiger partial charge on any atom is -0.347 e. The van der Waals surface area contributed by atoms with Gasteiger partial charge in [-0.3, -0.25) is 4.79 Å². The van der Waals surface area contributed by atoms with Gasteiger partial charge < -0.3 is 5.32 Å². The van der Waals surface area contributed by atoms with Crippen LogP contribution in [0.4, 0.5) is 0 Å². The lowest BCUT2D eigenvalue weighted by molar-refractivity contribution is -0.122. The highest BCUT2D eigenvalue weighted by Gasteiger charge is 2.32. The largest absolute Gasteiger partial charge is 0.347 e. The molecule has 0 radical (unpaired) electrons. The van der Waals surface area contributed by atoms with Gasteiger partial charge in [0.05, 0.1) is 12.0 Å². The van der Waals surface area contributed by atoms with Gasteiger partial charge in [-0.1, -0.05) is 54.1 Å². The molecule has 0 fully saturated rings. The minimum atomic E-state index is -0.239. The molecule has 2 aromatic carbocycles. The van der Waals surface area contributed by atoms with Crippen molar-refractivity contribution in [3.63, 3.8) is 0 Å². The Morgan fingerprint density at radius 1 is 1.14 bits per heavy atom. The lowest BCUT2D eigenvalue weighted by atomic mass is 9.77. The first-order valence-electron chi connectivity index (χ1n) is 8.02. The van der Waals surface area contributed by atoms with Crippen molar-refractivity contribution in [1.29, 1.82) is 0 Å². The van der Waals surface area contributed by atoms with Crippen molar-refractivity contribution in [3.8, 4) is 0 Å². The Kier molecular flexibility index (Phi) is 4.02. The molecule has 0 saturated heterocycles. The van der Waals surface area contributed by atoms with E-state index in [1.165, 1.54) is 16.7 Å². The molecular formula is C20H23NO. The number of amides is 1. The third-order valence-electron chi connectivity index (χ3n) is 4.64. The molecule has 0 unspecified atom stereocenters. The van der Waals surface area contributed by atoms with Crippen LogP contribution >= 0.6 is 0 Å². The molecule has 2 nitrogen and oxygen atoms in total. The standard InChI is InChI=1S/C20H23NO/c1-15-9-11-16(12-10-15)14-19(22)21-20(2)13-5-7-17-6-3-4-8-18(17)20/h3-4,6,8-12H,5,7,13-14H2,1-2H3,(H,21,22)/t20-/m1/s1. The Morgan fingerprint density at radius 3 is 2.64 bits per heavy atom. The minimum absolute atomic E-state index is 0.100. The van der Waals surface area contributed by atoms with Crippen molar-refractivity contribution in [3.05, 3.63) is 70.8 Å². The van der Waals surface area contributed by atoms with Crippen molar-refractivity contribution < 1.29 is 4.79 Å². The zero-order valence-corrected chi connectivity index (χ0v) is 13.4. The topological polar surface area (TPSA) is 29.1 Å². The molecular weight excluding hydrogens is 270 g/mol.